The summed E-state index contributed by atoms with van der Waals surface area (Å²) >= 11 is 0. The lowest BCUT2D eigenvalue weighted by Gasteiger charge is -2.23. The Balaban J connectivity index is 1.77. The highest BCUT2D eigenvalue weighted by Gasteiger charge is 2.17. The monoisotopic (exact) mass is 420 g/mol. The van der Waals surface area contributed by atoms with Gasteiger partial charge in [0.1, 0.15) is 24.3 Å². The average molecular weight is 420 g/mol. The van der Waals surface area contributed by atoms with E-state index in [9.17, 15) is 5.26 Å². The maximum atomic E-state index is 9.58. The topological polar surface area (TPSA) is 115 Å². The van der Waals surface area contributed by atoms with Gasteiger partial charge in [0.25, 0.3) is 0 Å². The summed E-state index contributed by atoms with van der Waals surface area (Å²) in [5, 5.41) is 12.7. The Morgan fingerprint density at radius 1 is 1.32 bits per heavy atom. The first-order chi connectivity index (χ1) is 15.1. The third kappa shape index (κ3) is 6.10. The Kier molecular flexibility index (Phi) is 7.67. The first-order valence-electron chi connectivity index (χ1n) is 9.77. The summed E-state index contributed by atoms with van der Waals surface area (Å²) in [5.74, 6) is 1.77. The summed E-state index contributed by atoms with van der Waals surface area (Å²) in [7, 11) is 1.52. The molecular weight excluding hydrogens is 396 g/mol. The van der Waals surface area contributed by atoms with Crippen molar-refractivity contribution >= 4 is 12.7 Å². The van der Waals surface area contributed by atoms with E-state index in [0.29, 0.717) is 47.7 Å². The van der Waals surface area contributed by atoms with Crippen LogP contribution in [0.3, 0.4) is 0 Å². The van der Waals surface area contributed by atoms with Gasteiger partial charge in [0.2, 0.25) is 11.8 Å². The van der Waals surface area contributed by atoms with Gasteiger partial charge in [-0.3, -0.25) is 0 Å². The number of benzene rings is 1. The zero-order valence-corrected chi connectivity index (χ0v) is 17.5. The molecule has 1 saturated heterocycles. The van der Waals surface area contributed by atoms with E-state index in [-0.39, 0.29) is 6.10 Å². The third-order valence-electron chi connectivity index (χ3n) is 4.54. The van der Waals surface area contributed by atoms with Gasteiger partial charge in [0, 0.05) is 30.2 Å². The quantitative estimate of drug-likeness (QED) is 0.392. The van der Waals surface area contributed by atoms with Crippen LogP contribution in [0, 0.1) is 11.3 Å². The van der Waals surface area contributed by atoms with Gasteiger partial charge in [-0.2, -0.15) is 10.2 Å². The fraction of sp³-hybridized carbons (Fsp3) is 0.318. The molecule has 0 amide bonds. The van der Waals surface area contributed by atoms with E-state index in [4.69, 9.17) is 14.2 Å². The van der Waals surface area contributed by atoms with Crippen LogP contribution in [0.5, 0.6) is 5.75 Å². The molecule has 160 valence electrons. The number of hydrogen-bond donors (Lipinski definition) is 1. The maximum Gasteiger partial charge on any atom is 0.230 e. The number of methoxy groups -OCH3 is 1. The van der Waals surface area contributed by atoms with Crippen molar-refractivity contribution in [3.05, 3.63) is 53.8 Å². The highest BCUT2D eigenvalue weighted by molar-refractivity contribution is 5.62. The van der Waals surface area contributed by atoms with Gasteiger partial charge < -0.3 is 19.5 Å². The normalized spacial score (nSPS) is 15.1. The fourth-order valence-corrected chi connectivity index (χ4v) is 2.93. The molecule has 0 unspecified atom stereocenters. The van der Waals surface area contributed by atoms with Crippen LogP contribution < -0.4 is 10.1 Å². The predicted octanol–water partition coefficient (Wildman–Crippen LogP) is 3.47. The molecular formula is C22H24N6O3. The molecule has 9 heteroatoms. The molecule has 2 aromatic rings. The molecule has 0 atom stereocenters. The molecule has 3 rings (SSSR count). The largest absolute Gasteiger partial charge is 0.489 e. The van der Waals surface area contributed by atoms with Crippen molar-refractivity contribution in [1.29, 1.82) is 5.26 Å². The van der Waals surface area contributed by atoms with Crippen molar-refractivity contribution < 1.29 is 14.2 Å². The van der Waals surface area contributed by atoms with Crippen LogP contribution >= 0.6 is 0 Å². The SMILES string of the molecule is C=N/C(=C\C=C(/C)Nc1ncnc(-c2ccc(OC3CCOCC3)c(C#N)c2)n1)OC. The Labute approximate surface area is 181 Å². The molecule has 0 aliphatic carbocycles. The number of rotatable bonds is 8. The molecule has 1 fully saturated rings. The van der Waals surface area contributed by atoms with Gasteiger partial charge >= 0.3 is 0 Å². The van der Waals surface area contributed by atoms with Crippen molar-refractivity contribution in [3.63, 3.8) is 0 Å². The van der Waals surface area contributed by atoms with Gasteiger partial charge in [-0.25, -0.2) is 15.0 Å². The minimum Gasteiger partial charge on any atom is -0.489 e. The van der Waals surface area contributed by atoms with Crippen LogP contribution in [0.2, 0.25) is 0 Å². The predicted molar refractivity (Wildman–Crippen MR) is 116 cm³/mol. The van der Waals surface area contributed by atoms with E-state index >= 15 is 0 Å². The van der Waals surface area contributed by atoms with E-state index in [1.165, 1.54) is 13.4 Å². The maximum absolute atomic E-state index is 9.58. The van der Waals surface area contributed by atoms with E-state index in [1.54, 1.807) is 24.3 Å². The Hall–Kier alpha value is -3.77. The molecule has 31 heavy (non-hydrogen) atoms. The van der Waals surface area contributed by atoms with Crippen molar-refractivity contribution in [2.45, 2.75) is 25.9 Å². The minimum absolute atomic E-state index is 0.0541. The Bertz CT molecular complexity index is 1020. The Morgan fingerprint density at radius 3 is 2.84 bits per heavy atom. The molecule has 0 spiro atoms. The second kappa shape index (κ2) is 10.8. The average Bonchev–Trinajstić information content (AvgIpc) is 2.81. The van der Waals surface area contributed by atoms with Gasteiger partial charge in [0.15, 0.2) is 5.82 Å². The highest BCUT2D eigenvalue weighted by atomic mass is 16.5. The summed E-state index contributed by atoms with van der Waals surface area (Å²) in [6.45, 7) is 6.63. The highest BCUT2D eigenvalue weighted by Crippen LogP contribution is 2.27. The van der Waals surface area contributed by atoms with Crippen LogP contribution in [-0.2, 0) is 9.47 Å². The van der Waals surface area contributed by atoms with Crippen LogP contribution in [0.25, 0.3) is 11.4 Å². The standard InChI is InChI=1S/C22H24N6O3/c1-15(4-7-20(24-2)29-3)27-22-26-14-25-21(28-22)16-5-6-19(17(12-16)13-23)31-18-8-10-30-11-9-18/h4-7,12,14,18H,2,8-11H2,1,3H3,(H,25,26,27,28)/b15-4+,20-7+. The Morgan fingerprint density at radius 2 is 2.13 bits per heavy atom. The summed E-state index contributed by atoms with van der Waals surface area (Å²) < 4.78 is 16.4. The number of anilines is 1. The lowest BCUT2D eigenvalue weighted by Crippen LogP contribution is -2.26. The number of ether oxygens (including phenoxy) is 3. The first-order valence-corrected chi connectivity index (χ1v) is 9.77. The molecule has 2 heterocycles. The molecule has 9 nitrogen and oxygen atoms in total. The number of nitrogens with one attached hydrogen (secondary N) is 1. The molecule has 1 aliphatic rings. The first kappa shape index (κ1) is 21.9. The fourth-order valence-electron chi connectivity index (χ4n) is 2.93. The van der Waals surface area contributed by atoms with Gasteiger partial charge in [-0.15, -0.1) is 0 Å². The molecule has 0 bridgehead atoms. The lowest BCUT2D eigenvalue weighted by atomic mass is 10.1. The number of aliphatic imine (C=N–C) groups is 1. The summed E-state index contributed by atoms with van der Waals surface area (Å²) in [5.41, 5.74) is 1.90. The molecule has 1 aromatic heterocycles. The van der Waals surface area contributed by atoms with Crippen molar-refractivity contribution in [1.82, 2.24) is 15.0 Å². The van der Waals surface area contributed by atoms with Crippen LogP contribution in [-0.4, -0.2) is 48.1 Å². The van der Waals surface area contributed by atoms with Gasteiger partial charge in [0.05, 0.1) is 25.9 Å². The third-order valence-corrected chi connectivity index (χ3v) is 4.54. The molecule has 0 radical (unpaired) electrons. The van der Waals surface area contributed by atoms with E-state index in [1.807, 2.05) is 13.0 Å². The van der Waals surface area contributed by atoms with E-state index in [2.05, 4.69) is 38.0 Å². The smallest absolute Gasteiger partial charge is 0.230 e. The van der Waals surface area contributed by atoms with E-state index in [0.717, 1.165) is 18.5 Å². The number of nitrogens with zero attached hydrogens (tertiary/aromatic N) is 5. The number of hydrogen-bond acceptors (Lipinski definition) is 9. The lowest BCUT2D eigenvalue weighted by molar-refractivity contribution is 0.0254. The van der Waals surface area contributed by atoms with E-state index < -0.39 is 0 Å². The second-order valence-corrected chi connectivity index (χ2v) is 6.73. The van der Waals surface area contributed by atoms with Crippen molar-refractivity contribution in [3.8, 4) is 23.2 Å². The number of allylic oxidation sites excluding steroid dienone is 3. The summed E-state index contributed by atoms with van der Waals surface area (Å²) in [6.07, 6.45) is 6.54. The zero-order chi connectivity index (χ0) is 22.1. The molecule has 1 N–H and O–H groups in total. The van der Waals surface area contributed by atoms with Gasteiger partial charge in [-0.1, -0.05) is 0 Å². The van der Waals surface area contributed by atoms with Gasteiger partial charge in [-0.05, 0) is 37.9 Å². The minimum atomic E-state index is 0.0541. The van der Waals surface area contributed by atoms with Crippen LogP contribution in [0.4, 0.5) is 5.95 Å². The number of nitriles is 1. The second-order valence-electron chi connectivity index (χ2n) is 6.73. The van der Waals surface area contributed by atoms with Crippen molar-refractivity contribution in [2.75, 3.05) is 25.6 Å². The zero-order valence-electron chi connectivity index (χ0n) is 17.5. The van der Waals surface area contributed by atoms with Crippen LogP contribution in [0.15, 0.2) is 53.3 Å². The number of aromatic nitrogens is 3. The van der Waals surface area contributed by atoms with Crippen LogP contribution in [0.1, 0.15) is 25.3 Å². The summed E-state index contributed by atoms with van der Waals surface area (Å²) in [4.78, 5) is 16.6. The molecule has 1 aromatic carbocycles. The molecule has 1 aliphatic heterocycles. The molecule has 0 saturated carbocycles. The van der Waals surface area contributed by atoms with Crippen molar-refractivity contribution in [2.24, 2.45) is 4.99 Å². The summed E-state index contributed by atoms with van der Waals surface area (Å²) in [6, 6.07) is 7.53.